The van der Waals surface area contributed by atoms with E-state index in [0.29, 0.717) is 16.6 Å². The molecule has 33 heavy (non-hydrogen) atoms. The molecule has 1 amide bonds. The smallest absolute Gasteiger partial charge is 0.274 e. The Balaban J connectivity index is 1.58. The van der Waals surface area contributed by atoms with Crippen molar-refractivity contribution in [1.82, 2.24) is 24.8 Å². The molecule has 0 saturated heterocycles. The van der Waals surface area contributed by atoms with Crippen LogP contribution in [0.2, 0.25) is 0 Å². The molecule has 5 rings (SSSR count). The summed E-state index contributed by atoms with van der Waals surface area (Å²) in [6.45, 7) is 3.81. The standard InChI is InChI=1S/C25H23N5O3/c1-13-8-14(2)29-24(32)19(13)11-28-23(31)18-9-15(10-21-16(18)4-6-26-21)20-12-30(3)25(33)22-17(20)5-7-27-22/h4-10,12,26-27H,11H2,1-3H3,(H,28,31)(H,29,32). The zero-order chi connectivity index (χ0) is 23.3. The summed E-state index contributed by atoms with van der Waals surface area (Å²) in [5.41, 5.74) is 5.28. The molecule has 4 N–H and O–H groups in total. The Kier molecular flexibility index (Phi) is 4.78. The van der Waals surface area contributed by atoms with E-state index in [0.717, 1.165) is 38.7 Å². The lowest BCUT2D eigenvalue weighted by Gasteiger charge is -2.12. The molecular formula is C25H23N5O3. The van der Waals surface area contributed by atoms with Crippen LogP contribution in [0.1, 0.15) is 27.2 Å². The largest absolute Gasteiger partial charge is 0.361 e. The second-order valence-corrected chi connectivity index (χ2v) is 8.31. The van der Waals surface area contributed by atoms with Gasteiger partial charge in [0.05, 0.1) is 0 Å². The van der Waals surface area contributed by atoms with Crippen LogP contribution in [0.5, 0.6) is 0 Å². The second-order valence-electron chi connectivity index (χ2n) is 8.31. The van der Waals surface area contributed by atoms with Gasteiger partial charge in [-0.2, -0.15) is 0 Å². The predicted molar refractivity (Wildman–Crippen MR) is 129 cm³/mol. The van der Waals surface area contributed by atoms with Gasteiger partial charge in [0.15, 0.2) is 0 Å². The average molecular weight is 441 g/mol. The highest BCUT2D eigenvalue weighted by molar-refractivity contribution is 6.09. The van der Waals surface area contributed by atoms with Crippen molar-refractivity contribution in [3.05, 3.63) is 92.0 Å². The molecule has 5 aromatic rings. The van der Waals surface area contributed by atoms with Gasteiger partial charge in [-0.3, -0.25) is 14.4 Å². The van der Waals surface area contributed by atoms with Gasteiger partial charge in [0, 0.05) is 70.9 Å². The SMILES string of the molecule is Cc1cc(C)c(CNC(=O)c2cc(-c3cn(C)c(=O)c4[nH]ccc34)cc3[nH]ccc23)c(=O)[nH]1. The average Bonchev–Trinajstić information content (AvgIpc) is 3.44. The molecule has 8 heteroatoms. The number of rotatable bonds is 4. The minimum atomic E-state index is -0.282. The number of aromatic nitrogens is 4. The molecule has 4 aromatic heterocycles. The number of benzene rings is 1. The van der Waals surface area contributed by atoms with E-state index in [1.165, 1.54) is 4.57 Å². The Labute approximate surface area is 188 Å². The van der Waals surface area contributed by atoms with Crippen LogP contribution in [-0.2, 0) is 13.6 Å². The van der Waals surface area contributed by atoms with Gasteiger partial charge < -0.3 is 24.8 Å². The Morgan fingerprint density at radius 3 is 2.58 bits per heavy atom. The maximum atomic E-state index is 13.2. The van der Waals surface area contributed by atoms with Gasteiger partial charge in [-0.15, -0.1) is 0 Å². The van der Waals surface area contributed by atoms with Crippen molar-refractivity contribution >= 4 is 27.7 Å². The van der Waals surface area contributed by atoms with E-state index in [4.69, 9.17) is 0 Å². The number of fused-ring (bicyclic) bond motifs is 2. The van der Waals surface area contributed by atoms with Crippen molar-refractivity contribution in [1.29, 1.82) is 0 Å². The first-order valence-corrected chi connectivity index (χ1v) is 10.6. The van der Waals surface area contributed by atoms with E-state index in [1.54, 1.807) is 25.6 Å². The first-order chi connectivity index (χ1) is 15.8. The number of hydrogen-bond acceptors (Lipinski definition) is 3. The maximum Gasteiger partial charge on any atom is 0.274 e. The fourth-order valence-corrected chi connectivity index (χ4v) is 4.37. The Morgan fingerprint density at radius 2 is 1.79 bits per heavy atom. The van der Waals surface area contributed by atoms with Crippen molar-refractivity contribution in [2.24, 2.45) is 7.05 Å². The van der Waals surface area contributed by atoms with Crippen molar-refractivity contribution in [2.75, 3.05) is 0 Å². The highest BCUT2D eigenvalue weighted by atomic mass is 16.2. The Hall–Kier alpha value is -4.33. The molecule has 0 aliphatic rings. The van der Waals surface area contributed by atoms with E-state index in [-0.39, 0.29) is 23.6 Å². The lowest BCUT2D eigenvalue weighted by atomic mass is 9.98. The lowest BCUT2D eigenvalue weighted by molar-refractivity contribution is 0.0952. The molecular weight excluding hydrogens is 418 g/mol. The molecule has 8 nitrogen and oxygen atoms in total. The quantitative estimate of drug-likeness (QED) is 0.343. The first kappa shape index (κ1) is 20.6. The van der Waals surface area contributed by atoms with E-state index in [9.17, 15) is 14.4 Å². The number of aryl methyl sites for hydroxylation is 3. The summed E-state index contributed by atoms with van der Waals surface area (Å²) in [5.74, 6) is -0.282. The van der Waals surface area contributed by atoms with Crippen LogP contribution in [0.25, 0.3) is 32.9 Å². The molecule has 0 spiro atoms. The fourth-order valence-electron chi connectivity index (χ4n) is 4.37. The highest BCUT2D eigenvalue weighted by Gasteiger charge is 2.17. The molecule has 0 unspecified atom stereocenters. The molecule has 4 heterocycles. The predicted octanol–water partition coefficient (Wildman–Crippen LogP) is 3.25. The molecule has 0 aliphatic heterocycles. The third kappa shape index (κ3) is 3.45. The van der Waals surface area contributed by atoms with Crippen LogP contribution < -0.4 is 16.4 Å². The molecule has 0 radical (unpaired) electrons. The van der Waals surface area contributed by atoms with E-state index < -0.39 is 0 Å². The maximum absolute atomic E-state index is 13.2. The Bertz CT molecular complexity index is 1670. The van der Waals surface area contributed by atoms with Crippen LogP contribution in [0, 0.1) is 13.8 Å². The van der Waals surface area contributed by atoms with Gasteiger partial charge in [-0.05, 0) is 55.3 Å². The number of amides is 1. The molecule has 0 saturated carbocycles. The molecule has 0 atom stereocenters. The molecule has 0 aliphatic carbocycles. The van der Waals surface area contributed by atoms with Crippen LogP contribution in [0.15, 0.2) is 58.5 Å². The minimum Gasteiger partial charge on any atom is -0.361 e. The van der Waals surface area contributed by atoms with Gasteiger partial charge >= 0.3 is 0 Å². The van der Waals surface area contributed by atoms with Gasteiger partial charge in [0.25, 0.3) is 17.0 Å². The first-order valence-electron chi connectivity index (χ1n) is 10.6. The number of hydrogen-bond donors (Lipinski definition) is 4. The third-order valence-corrected chi connectivity index (χ3v) is 6.04. The minimum absolute atomic E-state index is 0.114. The molecule has 166 valence electrons. The summed E-state index contributed by atoms with van der Waals surface area (Å²) in [4.78, 5) is 47.0. The molecule has 0 bridgehead atoms. The third-order valence-electron chi connectivity index (χ3n) is 6.04. The van der Waals surface area contributed by atoms with E-state index in [2.05, 4.69) is 20.3 Å². The van der Waals surface area contributed by atoms with E-state index in [1.807, 2.05) is 44.2 Å². The van der Waals surface area contributed by atoms with Gasteiger partial charge in [-0.25, -0.2) is 0 Å². The monoisotopic (exact) mass is 441 g/mol. The van der Waals surface area contributed by atoms with Crippen LogP contribution in [-0.4, -0.2) is 25.4 Å². The molecule has 1 aromatic carbocycles. The number of H-pyrrole nitrogens is 3. The number of nitrogens with one attached hydrogen (secondary N) is 4. The van der Waals surface area contributed by atoms with Crippen molar-refractivity contribution in [2.45, 2.75) is 20.4 Å². The van der Waals surface area contributed by atoms with Crippen molar-refractivity contribution in [3.63, 3.8) is 0 Å². The van der Waals surface area contributed by atoms with Gasteiger partial charge in [-0.1, -0.05) is 0 Å². The van der Waals surface area contributed by atoms with E-state index >= 15 is 0 Å². The Morgan fingerprint density at radius 1 is 1.03 bits per heavy atom. The summed E-state index contributed by atoms with van der Waals surface area (Å²) in [7, 11) is 1.70. The van der Waals surface area contributed by atoms with Gasteiger partial charge in [0.2, 0.25) is 0 Å². The number of carbonyl (C=O) groups is 1. The summed E-state index contributed by atoms with van der Waals surface area (Å²) in [6, 6.07) is 9.38. The van der Waals surface area contributed by atoms with Crippen molar-refractivity contribution < 1.29 is 4.79 Å². The van der Waals surface area contributed by atoms with Crippen LogP contribution >= 0.6 is 0 Å². The summed E-state index contributed by atoms with van der Waals surface area (Å²) in [6.07, 6.45) is 5.30. The normalized spacial score (nSPS) is 11.4. The number of carbonyl (C=O) groups excluding carboxylic acids is 1. The topological polar surface area (TPSA) is 116 Å². The summed E-state index contributed by atoms with van der Waals surface area (Å²) in [5, 5.41) is 4.46. The van der Waals surface area contributed by atoms with Gasteiger partial charge in [0.1, 0.15) is 5.52 Å². The zero-order valence-corrected chi connectivity index (χ0v) is 18.5. The lowest BCUT2D eigenvalue weighted by Crippen LogP contribution is -2.28. The fraction of sp³-hybridized carbons (Fsp3) is 0.160. The number of pyridine rings is 2. The van der Waals surface area contributed by atoms with Crippen LogP contribution in [0.3, 0.4) is 0 Å². The molecule has 0 fully saturated rings. The number of aromatic amines is 3. The summed E-state index contributed by atoms with van der Waals surface area (Å²) < 4.78 is 1.53. The highest BCUT2D eigenvalue weighted by Crippen LogP contribution is 2.31. The second kappa shape index (κ2) is 7.67. The zero-order valence-electron chi connectivity index (χ0n) is 18.5. The van der Waals surface area contributed by atoms with Crippen LogP contribution in [0.4, 0.5) is 0 Å². The summed E-state index contributed by atoms with van der Waals surface area (Å²) >= 11 is 0. The number of nitrogens with zero attached hydrogens (tertiary/aromatic N) is 1. The van der Waals surface area contributed by atoms with Crippen molar-refractivity contribution in [3.8, 4) is 11.1 Å².